The minimum absolute atomic E-state index is 0.0802. The van der Waals surface area contributed by atoms with Crippen molar-refractivity contribution in [2.24, 2.45) is 0 Å². The number of amides is 2. The van der Waals surface area contributed by atoms with Gasteiger partial charge in [0.1, 0.15) is 5.82 Å². The Morgan fingerprint density at radius 1 is 1.24 bits per heavy atom. The van der Waals surface area contributed by atoms with E-state index in [1.54, 1.807) is 4.90 Å². The van der Waals surface area contributed by atoms with Crippen LogP contribution in [0.3, 0.4) is 0 Å². The van der Waals surface area contributed by atoms with E-state index in [1.807, 2.05) is 31.2 Å². The number of para-hydroxylation sites is 1. The van der Waals surface area contributed by atoms with E-state index in [0.29, 0.717) is 12.2 Å². The fourth-order valence-corrected chi connectivity index (χ4v) is 5.03. The number of halogens is 2. The van der Waals surface area contributed by atoms with Crippen LogP contribution in [0.25, 0.3) is 0 Å². The highest BCUT2D eigenvalue weighted by Crippen LogP contribution is 2.55. The zero-order valence-electron chi connectivity index (χ0n) is 13.3. The average Bonchev–Trinajstić information content (AvgIpc) is 3.07. The molecule has 0 radical (unpaired) electrons. The van der Waals surface area contributed by atoms with Gasteiger partial charge in [-0.2, -0.15) is 0 Å². The molecule has 7 heteroatoms. The number of hydrogen-bond acceptors (Lipinski definition) is 3. The van der Waals surface area contributed by atoms with Crippen molar-refractivity contribution in [3.8, 4) is 0 Å². The predicted molar refractivity (Wildman–Crippen MR) is 97.5 cm³/mol. The van der Waals surface area contributed by atoms with Crippen molar-refractivity contribution in [3.63, 3.8) is 0 Å². The molecule has 2 amide bonds. The Morgan fingerprint density at radius 3 is 2.72 bits per heavy atom. The number of nitrogens with zero attached hydrogens (tertiary/aromatic N) is 2. The highest BCUT2D eigenvalue weighted by molar-refractivity contribution is 8.02. The first kappa shape index (κ1) is 16.4. The molecule has 4 rings (SSSR count). The Hall–Kier alpha value is -2.05. The second-order valence-corrected chi connectivity index (χ2v) is 7.40. The van der Waals surface area contributed by atoms with Crippen molar-refractivity contribution in [2.75, 3.05) is 22.1 Å². The van der Waals surface area contributed by atoms with Crippen LogP contribution in [0, 0.1) is 5.82 Å². The first-order valence-electron chi connectivity index (χ1n) is 7.84. The van der Waals surface area contributed by atoms with E-state index in [-0.39, 0.29) is 22.6 Å². The normalized spacial score (nSPS) is 22.2. The van der Waals surface area contributed by atoms with Gasteiger partial charge in [0.05, 0.1) is 16.5 Å². The number of carbonyl (C=O) groups is 2. The second-order valence-electron chi connectivity index (χ2n) is 5.83. The van der Waals surface area contributed by atoms with E-state index in [4.69, 9.17) is 11.6 Å². The van der Waals surface area contributed by atoms with Crippen molar-refractivity contribution >= 4 is 46.6 Å². The van der Waals surface area contributed by atoms with Crippen LogP contribution in [0.2, 0.25) is 5.02 Å². The summed E-state index contributed by atoms with van der Waals surface area (Å²) in [5.74, 6) is -0.750. The lowest BCUT2D eigenvalue weighted by molar-refractivity contribution is -0.123. The van der Waals surface area contributed by atoms with Gasteiger partial charge in [0.15, 0.2) is 0 Å². The topological polar surface area (TPSA) is 40.6 Å². The van der Waals surface area contributed by atoms with Crippen LogP contribution >= 0.6 is 23.4 Å². The molecule has 1 spiro atoms. The molecule has 2 aliphatic heterocycles. The number of likely N-dealkylation sites (N-methyl/N-ethyl adjacent to an activating group) is 1. The van der Waals surface area contributed by atoms with E-state index < -0.39 is 10.7 Å². The standard InChI is InChI=1S/C18H14ClFN2O2S/c1-2-21-15-6-4-3-5-12(15)18(17(21)24)22(16(23)10-25-18)11-7-8-14(20)13(19)9-11/h3-9H,2,10H2,1H3/t18-/m1/s1. The van der Waals surface area contributed by atoms with Gasteiger partial charge in [-0.05, 0) is 31.2 Å². The first-order chi connectivity index (χ1) is 12.0. The number of thioether (sulfide) groups is 1. The Kier molecular flexibility index (Phi) is 3.77. The van der Waals surface area contributed by atoms with Gasteiger partial charge in [0.2, 0.25) is 10.8 Å². The highest BCUT2D eigenvalue weighted by Gasteiger charge is 2.60. The molecule has 128 valence electrons. The Balaban J connectivity index is 1.94. The molecule has 0 N–H and O–H groups in total. The van der Waals surface area contributed by atoms with Crippen molar-refractivity contribution in [1.29, 1.82) is 0 Å². The molecular formula is C18H14ClFN2O2S. The van der Waals surface area contributed by atoms with Gasteiger partial charge in [-0.1, -0.05) is 29.8 Å². The summed E-state index contributed by atoms with van der Waals surface area (Å²) in [6.07, 6.45) is 0. The van der Waals surface area contributed by atoms with Gasteiger partial charge in [0.25, 0.3) is 5.91 Å². The average molecular weight is 377 g/mol. The molecule has 0 unspecified atom stereocenters. The van der Waals surface area contributed by atoms with Crippen LogP contribution < -0.4 is 9.80 Å². The maximum Gasteiger partial charge on any atom is 0.268 e. The van der Waals surface area contributed by atoms with Gasteiger partial charge < -0.3 is 4.90 Å². The third-order valence-corrected chi connectivity index (χ3v) is 6.22. The van der Waals surface area contributed by atoms with Crippen LogP contribution in [-0.2, 0) is 14.5 Å². The molecule has 4 nitrogen and oxygen atoms in total. The molecule has 1 fully saturated rings. The van der Waals surface area contributed by atoms with Gasteiger partial charge in [-0.15, -0.1) is 11.8 Å². The monoisotopic (exact) mass is 376 g/mol. The van der Waals surface area contributed by atoms with Crippen LogP contribution in [-0.4, -0.2) is 24.1 Å². The summed E-state index contributed by atoms with van der Waals surface area (Å²) < 4.78 is 13.6. The Labute approximate surface area is 153 Å². The predicted octanol–water partition coefficient (Wildman–Crippen LogP) is 3.78. The van der Waals surface area contributed by atoms with Crippen molar-refractivity contribution in [2.45, 2.75) is 11.8 Å². The van der Waals surface area contributed by atoms with E-state index in [1.165, 1.54) is 34.9 Å². The number of rotatable bonds is 2. The summed E-state index contributed by atoms with van der Waals surface area (Å²) in [5, 5.41) is -0.0802. The Bertz CT molecular complexity index is 906. The van der Waals surface area contributed by atoms with Crippen LogP contribution in [0.15, 0.2) is 42.5 Å². The van der Waals surface area contributed by atoms with E-state index >= 15 is 0 Å². The molecule has 0 saturated carbocycles. The van der Waals surface area contributed by atoms with Crippen LogP contribution in [0.4, 0.5) is 15.8 Å². The largest absolute Gasteiger partial charge is 0.309 e. The van der Waals surface area contributed by atoms with E-state index in [2.05, 4.69) is 0 Å². The van der Waals surface area contributed by atoms with Gasteiger partial charge in [0, 0.05) is 17.8 Å². The summed E-state index contributed by atoms with van der Waals surface area (Å²) in [6, 6.07) is 11.6. The van der Waals surface area contributed by atoms with E-state index in [9.17, 15) is 14.0 Å². The zero-order valence-corrected chi connectivity index (χ0v) is 14.9. The molecule has 1 atom stereocenters. The quantitative estimate of drug-likeness (QED) is 0.801. The maximum absolute atomic E-state index is 13.6. The van der Waals surface area contributed by atoms with Crippen LogP contribution in [0.5, 0.6) is 0 Å². The van der Waals surface area contributed by atoms with E-state index in [0.717, 1.165) is 11.3 Å². The molecular weight excluding hydrogens is 363 g/mol. The number of carbonyl (C=O) groups excluding carboxylic acids is 2. The van der Waals surface area contributed by atoms with Crippen molar-refractivity contribution in [3.05, 3.63) is 58.9 Å². The molecule has 1 saturated heterocycles. The van der Waals surface area contributed by atoms with Gasteiger partial charge in [-0.25, -0.2) is 4.39 Å². The lowest BCUT2D eigenvalue weighted by Crippen LogP contribution is -2.49. The third kappa shape index (κ3) is 2.14. The zero-order chi connectivity index (χ0) is 17.8. The van der Waals surface area contributed by atoms with Crippen molar-refractivity contribution < 1.29 is 14.0 Å². The molecule has 0 aliphatic carbocycles. The first-order valence-corrected chi connectivity index (χ1v) is 9.20. The maximum atomic E-state index is 13.6. The lowest BCUT2D eigenvalue weighted by Gasteiger charge is -2.33. The SMILES string of the molecule is CCN1C(=O)[C@]2(SCC(=O)N2c2ccc(F)c(Cl)c2)c2ccccc21. The molecule has 2 aromatic carbocycles. The number of fused-ring (bicyclic) bond motifs is 2. The number of anilines is 2. The number of benzene rings is 2. The highest BCUT2D eigenvalue weighted by atomic mass is 35.5. The fraction of sp³-hybridized carbons (Fsp3) is 0.222. The second kappa shape index (κ2) is 5.75. The molecule has 2 aromatic rings. The lowest BCUT2D eigenvalue weighted by atomic mass is 10.0. The molecule has 0 bridgehead atoms. The summed E-state index contributed by atoms with van der Waals surface area (Å²) in [7, 11) is 0. The molecule has 25 heavy (non-hydrogen) atoms. The summed E-state index contributed by atoms with van der Waals surface area (Å²) in [5.41, 5.74) is 2.00. The minimum Gasteiger partial charge on any atom is -0.309 e. The van der Waals surface area contributed by atoms with Gasteiger partial charge in [-0.3, -0.25) is 14.5 Å². The van der Waals surface area contributed by atoms with Gasteiger partial charge >= 0.3 is 0 Å². The molecule has 2 aliphatic rings. The smallest absolute Gasteiger partial charge is 0.268 e. The molecule has 2 heterocycles. The Morgan fingerprint density at radius 2 is 2.00 bits per heavy atom. The fourth-order valence-electron chi connectivity index (χ4n) is 3.49. The molecule has 0 aromatic heterocycles. The van der Waals surface area contributed by atoms with Crippen molar-refractivity contribution in [1.82, 2.24) is 0 Å². The summed E-state index contributed by atoms with van der Waals surface area (Å²) in [4.78, 5) is 28.0. The van der Waals surface area contributed by atoms with Crippen LogP contribution in [0.1, 0.15) is 12.5 Å². The summed E-state index contributed by atoms with van der Waals surface area (Å²) >= 11 is 7.20. The third-order valence-electron chi connectivity index (χ3n) is 4.54. The summed E-state index contributed by atoms with van der Waals surface area (Å²) in [6.45, 7) is 2.40. The minimum atomic E-state index is -1.16. The number of hydrogen-bond donors (Lipinski definition) is 0.